The fourth-order valence-electron chi connectivity index (χ4n) is 2.99. The van der Waals surface area contributed by atoms with E-state index < -0.39 is 0 Å². The first-order valence-corrected chi connectivity index (χ1v) is 6.85. The lowest BCUT2D eigenvalue weighted by Crippen LogP contribution is -2.43. The van der Waals surface area contributed by atoms with Gasteiger partial charge in [0.2, 0.25) is 0 Å². The molecule has 1 aliphatic rings. The van der Waals surface area contributed by atoms with E-state index in [0.717, 1.165) is 17.7 Å². The van der Waals surface area contributed by atoms with E-state index in [-0.39, 0.29) is 11.9 Å². The Morgan fingerprint density at radius 3 is 2.89 bits per heavy atom. The van der Waals surface area contributed by atoms with Crippen LogP contribution in [0.15, 0.2) is 18.2 Å². The van der Waals surface area contributed by atoms with E-state index in [2.05, 4.69) is 11.8 Å². The number of nitrogens with zero attached hydrogens (tertiary/aromatic N) is 1. The molecule has 3 heteroatoms. The van der Waals surface area contributed by atoms with E-state index >= 15 is 0 Å². The van der Waals surface area contributed by atoms with Crippen molar-refractivity contribution in [2.24, 2.45) is 5.73 Å². The minimum atomic E-state index is -0.168. The Morgan fingerprint density at radius 2 is 2.22 bits per heavy atom. The largest absolute Gasteiger partial charge is 0.329 e. The molecule has 0 saturated carbocycles. The fourth-order valence-corrected chi connectivity index (χ4v) is 2.99. The molecule has 0 aliphatic carbocycles. The Kier molecular flexibility index (Phi) is 4.36. The molecule has 1 heterocycles. The lowest BCUT2D eigenvalue weighted by Gasteiger charge is -2.40. The average molecular weight is 250 g/mol. The fraction of sp³-hybridized carbons (Fsp3) is 0.600. The molecular formula is C15H23FN2. The van der Waals surface area contributed by atoms with Crippen LogP contribution in [0.5, 0.6) is 0 Å². The highest BCUT2D eigenvalue weighted by atomic mass is 19.1. The Labute approximate surface area is 109 Å². The SMILES string of the molecule is Cc1ccc(F)cc1C(CN)N1CCCCC1C. The highest BCUT2D eigenvalue weighted by molar-refractivity contribution is 5.30. The molecule has 2 nitrogen and oxygen atoms in total. The average Bonchev–Trinajstić information content (AvgIpc) is 2.36. The van der Waals surface area contributed by atoms with Crippen molar-refractivity contribution in [3.8, 4) is 0 Å². The summed E-state index contributed by atoms with van der Waals surface area (Å²) >= 11 is 0. The molecule has 0 aromatic heterocycles. The van der Waals surface area contributed by atoms with Gasteiger partial charge in [0, 0.05) is 18.6 Å². The van der Waals surface area contributed by atoms with Gasteiger partial charge in [0.25, 0.3) is 0 Å². The molecule has 2 rings (SSSR count). The molecule has 1 aromatic carbocycles. The number of nitrogens with two attached hydrogens (primary N) is 1. The predicted molar refractivity (Wildman–Crippen MR) is 73.0 cm³/mol. The lowest BCUT2D eigenvalue weighted by molar-refractivity contribution is 0.108. The molecule has 100 valence electrons. The van der Waals surface area contributed by atoms with Gasteiger partial charge in [-0.1, -0.05) is 12.5 Å². The summed E-state index contributed by atoms with van der Waals surface area (Å²) in [6, 6.07) is 5.70. The normalized spacial score (nSPS) is 23.0. The molecule has 2 atom stereocenters. The van der Waals surface area contributed by atoms with Crippen LogP contribution in [-0.4, -0.2) is 24.0 Å². The maximum atomic E-state index is 13.4. The number of rotatable bonds is 3. The molecule has 0 bridgehead atoms. The van der Waals surface area contributed by atoms with Crippen LogP contribution in [-0.2, 0) is 0 Å². The van der Waals surface area contributed by atoms with Crippen molar-refractivity contribution in [2.45, 2.75) is 45.2 Å². The van der Waals surface area contributed by atoms with E-state index in [1.54, 1.807) is 6.07 Å². The predicted octanol–water partition coefficient (Wildman–Crippen LogP) is 3.01. The molecular weight excluding hydrogens is 227 g/mol. The van der Waals surface area contributed by atoms with Crippen LogP contribution >= 0.6 is 0 Å². The first-order chi connectivity index (χ1) is 8.63. The molecule has 1 aliphatic heterocycles. The van der Waals surface area contributed by atoms with Gasteiger partial charge in [-0.25, -0.2) is 4.39 Å². The Bertz CT molecular complexity index is 405. The minimum absolute atomic E-state index is 0.149. The summed E-state index contributed by atoms with van der Waals surface area (Å²) in [5.41, 5.74) is 8.13. The number of halogens is 1. The molecule has 2 N–H and O–H groups in total. The van der Waals surface area contributed by atoms with Gasteiger partial charge in [-0.3, -0.25) is 4.90 Å². The van der Waals surface area contributed by atoms with Gasteiger partial charge in [-0.2, -0.15) is 0 Å². The van der Waals surface area contributed by atoms with Crippen LogP contribution in [0.3, 0.4) is 0 Å². The topological polar surface area (TPSA) is 29.3 Å². The minimum Gasteiger partial charge on any atom is -0.329 e. The van der Waals surface area contributed by atoms with Crippen molar-refractivity contribution < 1.29 is 4.39 Å². The zero-order valence-corrected chi connectivity index (χ0v) is 11.3. The standard InChI is InChI=1S/C15H23FN2/c1-11-6-7-13(16)9-14(11)15(10-17)18-8-4-3-5-12(18)2/h6-7,9,12,15H,3-5,8,10,17H2,1-2H3. The number of likely N-dealkylation sites (tertiary alicyclic amines) is 1. The summed E-state index contributed by atoms with van der Waals surface area (Å²) < 4.78 is 13.4. The van der Waals surface area contributed by atoms with Crippen LogP contribution in [0.2, 0.25) is 0 Å². The first-order valence-electron chi connectivity index (χ1n) is 6.85. The molecule has 2 unspecified atom stereocenters. The van der Waals surface area contributed by atoms with Gasteiger partial charge in [0.15, 0.2) is 0 Å². The van der Waals surface area contributed by atoms with Crippen LogP contribution in [0.25, 0.3) is 0 Å². The van der Waals surface area contributed by atoms with E-state index in [1.807, 2.05) is 13.0 Å². The van der Waals surface area contributed by atoms with Gasteiger partial charge in [0.1, 0.15) is 5.82 Å². The van der Waals surface area contributed by atoms with Crippen LogP contribution < -0.4 is 5.73 Å². The van der Waals surface area contributed by atoms with E-state index in [4.69, 9.17) is 5.73 Å². The highest BCUT2D eigenvalue weighted by Crippen LogP contribution is 2.29. The number of hydrogen-bond acceptors (Lipinski definition) is 2. The van der Waals surface area contributed by atoms with E-state index in [1.165, 1.54) is 25.3 Å². The number of aryl methyl sites for hydroxylation is 1. The van der Waals surface area contributed by atoms with Crippen LogP contribution in [0, 0.1) is 12.7 Å². The van der Waals surface area contributed by atoms with Crippen molar-refractivity contribution in [2.75, 3.05) is 13.1 Å². The van der Waals surface area contributed by atoms with Crippen molar-refractivity contribution in [3.05, 3.63) is 35.1 Å². The summed E-state index contributed by atoms with van der Waals surface area (Å²) in [5, 5.41) is 0. The maximum Gasteiger partial charge on any atom is 0.123 e. The quantitative estimate of drug-likeness (QED) is 0.893. The van der Waals surface area contributed by atoms with Gasteiger partial charge in [-0.15, -0.1) is 0 Å². The van der Waals surface area contributed by atoms with Crippen molar-refractivity contribution in [1.82, 2.24) is 4.90 Å². The van der Waals surface area contributed by atoms with Crippen molar-refractivity contribution >= 4 is 0 Å². The summed E-state index contributed by atoms with van der Waals surface area (Å²) in [6.07, 6.45) is 3.72. The third-order valence-corrected chi connectivity index (χ3v) is 4.08. The highest BCUT2D eigenvalue weighted by Gasteiger charge is 2.27. The number of hydrogen-bond donors (Lipinski definition) is 1. The van der Waals surface area contributed by atoms with E-state index in [9.17, 15) is 4.39 Å². The summed E-state index contributed by atoms with van der Waals surface area (Å²) in [5.74, 6) is -0.168. The lowest BCUT2D eigenvalue weighted by atomic mass is 9.94. The Balaban J connectivity index is 2.29. The zero-order chi connectivity index (χ0) is 13.1. The number of benzene rings is 1. The molecule has 1 fully saturated rings. The van der Waals surface area contributed by atoms with Crippen molar-refractivity contribution in [3.63, 3.8) is 0 Å². The molecule has 18 heavy (non-hydrogen) atoms. The maximum absolute atomic E-state index is 13.4. The molecule has 0 spiro atoms. The second-order valence-corrected chi connectivity index (χ2v) is 5.34. The van der Waals surface area contributed by atoms with E-state index in [0.29, 0.717) is 12.6 Å². The Morgan fingerprint density at radius 1 is 1.44 bits per heavy atom. The van der Waals surface area contributed by atoms with Crippen molar-refractivity contribution in [1.29, 1.82) is 0 Å². The van der Waals surface area contributed by atoms with Gasteiger partial charge in [0.05, 0.1) is 0 Å². The Hall–Kier alpha value is -0.930. The molecule has 0 radical (unpaired) electrons. The van der Waals surface area contributed by atoms with Gasteiger partial charge < -0.3 is 5.73 Å². The first kappa shape index (κ1) is 13.5. The smallest absolute Gasteiger partial charge is 0.123 e. The third kappa shape index (κ3) is 2.73. The van der Waals surface area contributed by atoms with Crippen LogP contribution in [0.1, 0.15) is 43.4 Å². The zero-order valence-electron chi connectivity index (χ0n) is 11.3. The summed E-state index contributed by atoms with van der Waals surface area (Å²) in [6.45, 7) is 5.90. The van der Waals surface area contributed by atoms with Gasteiger partial charge >= 0.3 is 0 Å². The summed E-state index contributed by atoms with van der Waals surface area (Å²) in [4.78, 5) is 2.44. The molecule has 1 saturated heterocycles. The second kappa shape index (κ2) is 5.81. The van der Waals surface area contributed by atoms with Gasteiger partial charge in [-0.05, 0) is 56.5 Å². The second-order valence-electron chi connectivity index (χ2n) is 5.34. The molecule has 1 aromatic rings. The van der Waals surface area contributed by atoms with Crippen LogP contribution in [0.4, 0.5) is 4.39 Å². The molecule has 0 amide bonds. The number of piperidine rings is 1. The summed E-state index contributed by atoms with van der Waals surface area (Å²) in [7, 11) is 0. The monoisotopic (exact) mass is 250 g/mol. The third-order valence-electron chi connectivity index (χ3n) is 4.08.